The molecule has 1 aromatic carbocycles. The van der Waals surface area contributed by atoms with E-state index >= 15 is 0 Å². The van der Waals surface area contributed by atoms with E-state index in [2.05, 4.69) is 5.32 Å². The summed E-state index contributed by atoms with van der Waals surface area (Å²) in [5, 5.41) is 21.0. The molecule has 3 atom stereocenters. The molecule has 2 unspecified atom stereocenters. The van der Waals surface area contributed by atoms with Crippen LogP contribution in [0.2, 0.25) is 0 Å². The van der Waals surface area contributed by atoms with Crippen molar-refractivity contribution in [2.75, 3.05) is 24.3 Å². The molecular formula is C17H18N2O6S2. The number of hydrogen-bond acceptors (Lipinski definition) is 6. The number of amides is 2. The molecule has 0 spiro atoms. The smallest absolute Gasteiger partial charge is 0.336 e. The maximum atomic E-state index is 12.5. The Labute approximate surface area is 163 Å². The van der Waals surface area contributed by atoms with Gasteiger partial charge in [0.2, 0.25) is 5.91 Å². The van der Waals surface area contributed by atoms with Crippen LogP contribution in [0, 0.1) is 5.41 Å². The van der Waals surface area contributed by atoms with Crippen LogP contribution in [0.1, 0.15) is 20.7 Å². The summed E-state index contributed by atoms with van der Waals surface area (Å²) < 4.78 is 0. The average Bonchev–Trinajstić information content (AvgIpc) is 2.65. The molecule has 8 nitrogen and oxygen atoms in total. The monoisotopic (exact) mass is 410 g/mol. The number of thioether (sulfide) groups is 2. The van der Waals surface area contributed by atoms with Crippen molar-refractivity contribution in [1.29, 1.82) is 0 Å². The minimum Gasteiger partial charge on any atom is -0.481 e. The largest absolute Gasteiger partial charge is 0.481 e. The predicted molar refractivity (Wildman–Crippen MR) is 101 cm³/mol. The molecule has 3 rings (SSSR count). The fraction of sp³-hybridized carbons (Fsp3) is 0.412. The van der Waals surface area contributed by atoms with Gasteiger partial charge in [0.05, 0.1) is 11.1 Å². The van der Waals surface area contributed by atoms with Crippen molar-refractivity contribution < 1.29 is 29.4 Å². The van der Waals surface area contributed by atoms with E-state index in [4.69, 9.17) is 0 Å². The molecule has 0 aliphatic carbocycles. The van der Waals surface area contributed by atoms with Gasteiger partial charge in [0, 0.05) is 18.1 Å². The molecule has 27 heavy (non-hydrogen) atoms. The molecule has 10 heteroatoms. The highest BCUT2D eigenvalue weighted by molar-refractivity contribution is 8.00. The summed E-state index contributed by atoms with van der Waals surface area (Å²) in [6.07, 6.45) is 1.82. The summed E-state index contributed by atoms with van der Waals surface area (Å²) in [6.45, 7) is 0.109. The third-order valence-electron chi connectivity index (χ3n) is 4.71. The first-order valence-corrected chi connectivity index (χ1v) is 10.5. The number of carboxylic acid groups (broad SMARTS) is 2. The lowest BCUT2D eigenvalue weighted by Crippen LogP contribution is -2.74. The summed E-state index contributed by atoms with van der Waals surface area (Å²) in [5.74, 6) is -2.40. The van der Waals surface area contributed by atoms with Crippen LogP contribution >= 0.6 is 23.5 Å². The van der Waals surface area contributed by atoms with E-state index in [1.165, 1.54) is 46.6 Å². The van der Waals surface area contributed by atoms with Gasteiger partial charge in [-0.1, -0.05) is 12.1 Å². The van der Waals surface area contributed by atoms with Gasteiger partial charge in [-0.05, 0) is 18.4 Å². The van der Waals surface area contributed by atoms with Gasteiger partial charge in [-0.3, -0.25) is 14.4 Å². The molecule has 144 valence electrons. The predicted octanol–water partition coefficient (Wildman–Crippen LogP) is 0.832. The molecule has 2 aliphatic heterocycles. The molecule has 2 fully saturated rings. The number of aliphatic carboxylic acids is 1. The summed E-state index contributed by atoms with van der Waals surface area (Å²) in [4.78, 5) is 49.4. The number of aromatic carboxylic acids is 1. The standard InChI is InChI=1S/C17H18N2O6S2/c1-26-7-17(16(24)25)6-19-13(21)11(14(19)27-8-17)18-12(20)9-4-2-3-5-10(9)15(22)23/h2-5,11,14H,6-8H2,1H3,(H,18,20)(H,22,23)(H,24,25)/t11?,14-,17?/m1/s1. The third-order valence-corrected chi connectivity index (χ3v) is 7.14. The Balaban J connectivity index is 1.72. The van der Waals surface area contributed by atoms with Crippen molar-refractivity contribution in [2.24, 2.45) is 5.41 Å². The number of rotatable bonds is 6. The van der Waals surface area contributed by atoms with Crippen LogP contribution in [0.4, 0.5) is 0 Å². The summed E-state index contributed by atoms with van der Waals surface area (Å²) in [7, 11) is 0. The summed E-state index contributed by atoms with van der Waals surface area (Å²) in [6, 6.07) is 5.00. The number of β-lactam (4-membered cyclic amide) rings is 1. The van der Waals surface area contributed by atoms with Gasteiger partial charge >= 0.3 is 11.9 Å². The van der Waals surface area contributed by atoms with Crippen molar-refractivity contribution in [3.05, 3.63) is 35.4 Å². The van der Waals surface area contributed by atoms with Crippen molar-refractivity contribution in [1.82, 2.24) is 10.2 Å². The third kappa shape index (κ3) is 3.39. The van der Waals surface area contributed by atoms with Crippen LogP contribution in [0.3, 0.4) is 0 Å². The Morgan fingerprint density at radius 1 is 1.30 bits per heavy atom. The summed E-state index contributed by atoms with van der Waals surface area (Å²) in [5.41, 5.74) is -1.15. The molecule has 3 N–H and O–H groups in total. The van der Waals surface area contributed by atoms with E-state index in [9.17, 15) is 29.4 Å². The second-order valence-corrected chi connectivity index (χ2v) is 8.46. The fourth-order valence-corrected chi connectivity index (χ4v) is 5.81. The molecule has 0 radical (unpaired) electrons. The van der Waals surface area contributed by atoms with Crippen molar-refractivity contribution in [2.45, 2.75) is 11.4 Å². The number of fused-ring (bicyclic) bond motifs is 1. The van der Waals surface area contributed by atoms with Crippen LogP contribution in [-0.2, 0) is 9.59 Å². The number of carbonyl (C=O) groups excluding carboxylic acids is 2. The van der Waals surface area contributed by atoms with E-state index in [1.54, 1.807) is 6.07 Å². The number of nitrogens with zero attached hydrogens (tertiary/aromatic N) is 1. The highest BCUT2D eigenvalue weighted by Crippen LogP contribution is 2.43. The second-order valence-electron chi connectivity index (χ2n) is 6.49. The van der Waals surface area contributed by atoms with E-state index in [0.29, 0.717) is 11.5 Å². The number of carboxylic acids is 2. The van der Waals surface area contributed by atoms with Crippen molar-refractivity contribution >= 4 is 47.3 Å². The number of hydrogen-bond donors (Lipinski definition) is 3. The number of benzene rings is 1. The summed E-state index contributed by atoms with van der Waals surface area (Å²) >= 11 is 2.75. The van der Waals surface area contributed by atoms with Gasteiger partial charge < -0.3 is 20.4 Å². The molecule has 0 saturated carbocycles. The zero-order valence-electron chi connectivity index (χ0n) is 14.4. The Kier molecular flexibility index (Phi) is 5.38. The van der Waals surface area contributed by atoms with Gasteiger partial charge in [-0.25, -0.2) is 4.79 Å². The zero-order chi connectivity index (χ0) is 19.8. The molecule has 2 saturated heterocycles. The lowest BCUT2D eigenvalue weighted by Gasteiger charge is -2.53. The molecule has 0 aromatic heterocycles. The highest BCUT2D eigenvalue weighted by Gasteiger charge is 2.57. The van der Waals surface area contributed by atoms with Crippen LogP contribution < -0.4 is 5.32 Å². The zero-order valence-corrected chi connectivity index (χ0v) is 16.0. The first-order valence-electron chi connectivity index (χ1n) is 8.08. The van der Waals surface area contributed by atoms with Gasteiger partial charge in [0.1, 0.15) is 16.8 Å². The van der Waals surface area contributed by atoms with Gasteiger partial charge in [-0.2, -0.15) is 11.8 Å². The first-order chi connectivity index (χ1) is 12.8. The van der Waals surface area contributed by atoms with Gasteiger partial charge in [0.15, 0.2) is 0 Å². The lowest BCUT2D eigenvalue weighted by molar-refractivity contribution is -0.156. The van der Waals surface area contributed by atoms with E-state index in [-0.39, 0.29) is 29.0 Å². The van der Waals surface area contributed by atoms with E-state index in [1.807, 2.05) is 6.26 Å². The first kappa shape index (κ1) is 19.6. The van der Waals surface area contributed by atoms with Crippen LogP contribution in [-0.4, -0.2) is 74.6 Å². The highest BCUT2D eigenvalue weighted by atomic mass is 32.2. The Hall–Kier alpha value is -2.20. The SMILES string of the molecule is CSCC1(C(=O)O)CS[C@@H]2C(NC(=O)c3ccccc3C(=O)O)C(=O)N2C1. The maximum absolute atomic E-state index is 12.5. The molecule has 0 bridgehead atoms. The van der Waals surface area contributed by atoms with Gasteiger partial charge in [0.25, 0.3) is 5.91 Å². The maximum Gasteiger partial charge on any atom is 0.336 e. The number of carbonyl (C=O) groups is 4. The average molecular weight is 410 g/mol. The minimum absolute atomic E-state index is 0.0145. The minimum atomic E-state index is -1.22. The normalized spacial score (nSPS) is 26.7. The fourth-order valence-electron chi connectivity index (χ4n) is 3.27. The molecule has 2 amide bonds. The van der Waals surface area contributed by atoms with Crippen LogP contribution in [0.5, 0.6) is 0 Å². The Morgan fingerprint density at radius 3 is 2.56 bits per heavy atom. The molecule has 2 heterocycles. The quantitative estimate of drug-likeness (QED) is 0.589. The van der Waals surface area contributed by atoms with Gasteiger partial charge in [-0.15, -0.1) is 11.8 Å². The molecule has 1 aromatic rings. The topological polar surface area (TPSA) is 124 Å². The molecule has 2 aliphatic rings. The van der Waals surface area contributed by atoms with E-state index in [0.717, 1.165) is 0 Å². The van der Waals surface area contributed by atoms with E-state index < -0.39 is 29.3 Å². The number of nitrogens with one attached hydrogen (secondary N) is 1. The Bertz CT molecular complexity index is 816. The molecular weight excluding hydrogens is 392 g/mol. The Morgan fingerprint density at radius 2 is 1.96 bits per heavy atom. The second kappa shape index (κ2) is 7.43. The van der Waals surface area contributed by atoms with Crippen LogP contribution in [0.25, 0.3) is 0 Å². The lowest BCUT2D eigenvalue weighted by atomic mass is 9.89. The van der Waals surface area contributed by atoms with Crippen molar-refractivity contribution in [3.63, 3.8) is 0 Å². The van der Waals surface area contributed by atoms with Crippen LogP contribution in [0.15, 0.2) is 24.3 Å². The van der Waals surface area contributed by atoms with Crippen molar-refractivity contribution in [3.8, 4) is 0 Å².